The Kier molecular flexibility index (Phi) is 8.14. The predicted octanol–water partition coefficient (Wildman–Crippen LogP) is 0.994. The first-order chi connectivity index (χ1) is 8.84. The second-order valence-corrected chi connectivity index (χ2v) is 5.20. The molecule has 1 unspecified atom stereocenters. The molecule has 0 fully saturated rings. The fourth-order valence-electron chi connectivity index (χ4n) is 2.14. The lowest BCUT2D eigenvalue weighted by atomic mass is 10.0. The molecule has 0 bridgehead atoms. The van der Waals surface area contributed by atoms with Gasteiger partial charge in [-0.15, -0.1) is 0 Å². The van der Waals surface area contributed by atoms with Crippen molar-refractivity contribution < 1.29 is 10.0 Å². The van der Waals surface area contributed by atoms with Crippen LogP contribution in [0.25, 0.3) is 0 Å². The summed E-state index contributed by atoms with van der Waals surface area (Å²) in [6, 6.07) is 0.867. The number of carbonyl (C=O) groups excluding carboxylic acids is 1. The molecule has 0 saturated carbocycles. The van der Waals surface area contributed by atoms with Crippen LogP contribution in [0, 0.1) is 5.92 Å². The van der Waals surface area contributed by atoms with E-state index in [-0.39, 0.29) is 11.7 Å². The van der Waals surface area contributed by atoms with Crippen molar-refractivity contribution in [3.8, 4) is 0 Å². The van der Waals surface area contributed by atoms with Gasteiger partial charge in [0.2, 0.25) is 5.91 Å². The molecule has 4 N–H and O–H groups in total. The van der Waals surface area contributed by atoms with Crippen LogP contribution in [0.2, 0.25) is 0 Å². The molecular weight excluding hydrogens is 244 g/mol. The second kappa shape index (κ2) is 8.74. The molecule has 1 amide bonds. The van der Waals surface area contributed by atoms with Crippen molar-refractivity contribution in [3.05, 3.63) is 0 Å². The topological polar surface area (TPSA) is 91.0 Å². The summed E-state index contributed by atoms with van der Waals surface area (Å²) in [6.07, 6.45) is 0.514. The lowest BCUT2D eigenvalue weighted by molar-refractivity contribution is -0.123. The summed E-state index contributed by atoms with van der Waals surface area (Å²) < 4.78 is 0. The average molecular weight is 272 g/mol. The standard InChI is InChI=1S/C13H28N4O2/c1-6-11(12(14)16-19)13(18)15-7-8-17(9(2)3)10(4)5/h9-11,19H,6-8H2,1-5H3,(H2,14,16)(H,15,18). The molecule has 6 nitrogen and oxygen atoms in total. The van der Waals surface area contributed by atoms with Crippen LogP contribution in [0.5, 0.6) is 0 Å². The molecule has 0 aliphatic carbocycles. The summed E-state index contributed by atoms with van der Waals surface area (Å²) in [7, 11) is 0. The Labute approximate surface area is 116 Å². The molecule has 112 valence electrons. The van der Waals surface area contributed by atoms with Crippen LogP contribution >= 0.6 is 0 Å². The molecule has 0 spiro atoms. The number of amidine groups is 1. The summed E-state index contributed by atoms with van der Waals surface area (Å²) in [6.45, 7) is 11.7. The molecule has 0 radical (unpaired) electrons. The van der Waals surface area contributed by atoms with Gasteiger partial charge in [0, 0.05) is 25.2 Å². The van der Waals surface area contributed by atoms with Gasteiger partial charge in [0.1, 0.15) is 0 Å². The van der Waals surface area contributed by atoms with Crippen molar-refractivity contribution in [2.75, 3.05) is 13.1 Å². The number of carbonyl (C=O) groups is 1. The van der Waals surface area contributed by atoms with E-state index in [1.165, 1.54) is 0 Å². The van der Waals surface area contributed by atoms with E-state index in [0.29, 0.717) is 25.0 Å². The van der Waals surface area contributed by atoms with Gasteiger partial charge in [-0.2, -0.15) is 0 Å². The minimum absolute atomic E-state index is 0.0374. The fourth-order valence-corrected chi connectivity index (χ4v) is 2.14. The Hall–Kier alpha value is -1.30. The number of amides is 1. The van der Waals surface area contributed by atoms with Gasteiger partial charge < -0.3 is 16.3 Å². The zero-order chi connectivity index (χ0) is 15.0. The van der Waals surface area contributed by atoms with Gasteiger partial charge in [-0.1, -0.05) is 12.1 Å². The first-order valence-corrected chi connectivity index (χ1v) is 6.85. The molecule has 0 aromatic heterocycles. The van der Waals surface area contributed by atoms with E-state index >= 15 is 0 Å². The number of nitrogens with zero attached hydrogens (tertiary/aromatic N) is 2. The molecule has 19 heavy (non-hydrogen) atoms. The maximum atomic E-state index is 11.9. The van der Waals surface area contributed by atoms with Crippen LogP contribution in [0.3, 0.4) is 0 Å². The Morgan fingerprint density at radius 1 is 1.32 bits per heavy atom. The summed E-state index contributed by atoms with van der Waals surface area (Å²) >= 11 is 0. The lowest BCUT2D eigenvalue weighted by Crippen LogP contribution is -2.45. The molecule has 0 saturated heterocycles. The third kappa shape index (κ3) is 5.92. The first kappa shape index (κ1) is 17.7. The highest BCUT2D eigenvalue weighted by Gasteiger charge is 2.21. The minimum atomic E-state index is -0.559. The number of hydrogen-bond donors (Lipinski definition) is 3. The molecule has 0 aliphatic rings. The van der Waals surface area contributed by atoms with Crippen molar-refractivity contribution in [2.45, 2.75) is 53.1 Å². The van der Waals surface area contributed by atoms with E-state index in [0.717, 1.165) is 6.54 Å². The minimum Gasteiger partial charge on any atom is -0.409 e. The normalized spacial score (nSPS) is 14.2. The molecular formula is C13H28N4O2. The van der Waals surface area contributed by atoms with E-state index in [1.54, 1.807) is 0 Å². The smallest absolute Gasteiger partial charge is 0.230 e. The van der Waals surface area contributed by atoms with E-state index in [9.17, 15) is 4.79 Å². The maximum absolute atomic E-state index is 11.9. The van der Waals surface area contributed by atoms with Gasteiger partial charge in [0.25, 0.3) is 0 Å². The van der Waals surface area contributed by atoms with Crippen LogP contribution in [0.15, 0.2) is 5.16 Å². The predicted molar refractivity (Wildman–Crippen MR) is 77.2 cm³/mol. The zero-order valence-electron chi connectivity index (χ0n) is 12.7. The summed E-state index contributed by atoms with van der Waals surface area (Å²) in [5, 5.41) is 14.4. The highest BCUT2D eigenvalue weighted by Crippen LogP contribution is 2.05. The Morgan fingerprint density at radius 2 is 1.84 bits per heavy atom. The van der Waals surface area contributed by atoms with Gasteiger partial charge in [-0.05, 0) is 34.1 Å². The molecule has 0 heterocycles. The molecule has 0 aromatic carbocycles. The van der Waals surface area contributed by atoms with Crippen molar-refractivity contribution >= 4 is 11.7 Å². The number of rotatable bonds is 8. The molecule has 0 rings (SSSR count). The average Bonchev–Trinajstić information content (AvgIpc) is 2.34. The molecule has 0 aliphatic heterocycles. The third-order valence-electron chi connectivity index (χ3n) is 3.19. The van der Waals surface area contributed by atoms with Crippen LogP contribution in [-0.2, 0) is 4.79 Å². The number of oxime groups is 1. The van der Waals surface area contributed by atoms with Crippen molar-refractivity contribution in [1.82, 2.24) is 10.2 Å². The van der Waals surface area contributed by atoms with Gasteiger partial charge in [-0.25, -0.2) is 0 Å². The second-order valence-electron chi connectivity index (χ2n) is 5.20. The van der Waals surface area contributed by atoms with Gasteiger partial charge in [-0.3, -0.25) is 9.69 Å². The molecule has 6 heteroatoms. The SMILES string of the molecule is CCC(C(=O)NCCN(C(C)C)C(C)C)C(N)=NO. The summed E-state index contributed by atoms with van der Waals surface area (Å²) in [4.78, 5) is 14.2. The quantitative estimate of drug-likeness (QED) is 0.266. The highest BCUT2D eigenvalue weighted by molar-refractivity contribution is 6.01. The largest absolute Gasteiger partial charge is 0.409 e. The Bertz CT molecular complexity index is 295. The van der Waals surface area contributed by atoms with Crippen molar-refractivity contribution in [1.29, 1.82) is 0 Å². The summed E-state index contributed by atoms with van der Waals surface area (Å²) in [5.41, 5.74) is 5.49. The number of nitrogens with two attached hydrogens (primary N) is 1. The number of hydrogen-bond acceptors (Lipinski definition) is 4. The van der Waals surface area contributed by atoms with Gasteiger partial charge in [0.15, 0.2) is 5.84 Å². The van der Waals surface area contributed by atoms with E-state index < -0.39 is 5.92 Å². The van der Waals surface area contributed by atoms with E-state index in [2.05, 4.69) is 43.1 Å². The fraction of sp³-hybridized carbons (Fsp3) is 0.846. The lowest BCUT2D eigenvalue weighted by Gasteiger charge is -2.30. The third-order valence-corrected chi connectivity index (χ3v) is 3.19. The maximum Gasteiger partial charge on any atom is 0.230 e. The molecule has 0 aromatic rings. The first-order valence-electron chi connectivity index (χ1n) is 6.85. The Morgan fingerprint density at radius 3 is 2.21 bits per heavy atom. The van der Waals surface area contributed by atoms with Gasteiger partial charge in [0.05, 0.1) is 5.92 Å². The van der Waals surface area contributed by atoms with E-state index in [1.807, 2.05) is 6.92 Å². The Balaban J connectivity index is 4.29. The van der Waals surface area contributed by atoms with Crippen LogP contribution in [-0.4, -0.2) is 47.0 Å². The van der Waals surface area contributed by atoms with Crippen LogP contribution < -0.4 is 11.1 Å². The molecule has 1 atom stereocenters. The van der Waals surface area contributed by atoms with E-state index in [4.69, 9.17) is 10.9 Å². The van der Waals surface area contributed by atoms with Crippen LogP contribution in [0.4, 0.5) is 0 Å². The monoisotopic (exact) mass is 272 g/mol. The highest BCUT2D eigenvalue weighted by atomic mass is 16.4. The zero-order valence-corrected chi connectivity index (χ0v) is 12.7. The summed E-state index contributed by atoms with van der Waals surface area (Å²) in [5.74, 6) is -0.786. The number of nitrogens with one attached hydrogen (secondary N) is 1. The van der Waals surface area contributed by atoms with Crippen LogP contribution in [0.1, 0.15) is 41.0 Å². The van der Waals surface area contributed by atoms with Gasteiger partial charge >= 0.3 is 0 Å². The van der Waals surface area contributed by atoms with Crippen molar-refractivity contribution in [3.63, 3.8) is 0 Å². The van der Waals surface area contributed by atoms with Crippen molar-refractivity contribution in [2.24, 2.45) is 16.8 Å².